The summed E-state index contributed by atoms with van der Waals surface area (Å²) in [6.07, 6.45) is 3.05. The molecule has 13 aromatic rings. The molecule has 5 nitrogen and oxygen atoms in total. The largest absolute Gasteiger partial charge is 0.456 e. The van der Waals surface area contributed by atoms with Gasteiger partial charge in [0, 0.05) is 61.1 Å². The van der Waals surface area contributed by atoms with Crippen LogP contribution in [-0.2, 0) is 0 Å². The van der Waals surface area contributed by atoms with Crippen molar-refractivity contribution in [2.75, 3.05) is 0 Å². The lowest BCUT2D eigenvalue weighted by atomic mass is 9.91. The number of amidine groups is 1. The van der Waals surface area contributed by atoms with E-state index in [2.05, 4.69) is 228 Å². The summed E-state index contributed by atoms with van der Waals surface area (Å²) in [5.41, 5.74) is 13.3. The Bertz CT molecular complexity index is 4200. The third-order valence-electron chi connectivity index (χ3n) is 14.1. The van der Waals surface area contributed by atoms with E-state index in [9.17, 15) is 0 Å². The fraction of sp³-hybridized carbons (Fsp3) is 0.0476. The minimum Gasteiger partial charge on any atom is -0.456 e. The Labute approximate surface area is 391 Å². The van der Waals surface area contributed by atoms with Gasteiger partial charge in [0.05, 0.1) is 39.2 Å². The van der Waals surface area contributed by atoms with Crippen molar-refractivity contribution in [1.29, 1.82) is 0 Å². The van der Waals surface area contributed by atoms with Gasteiger partial charge in [0.15, 0.2) is 5.84 Å². The molecule has 0 saturated heterocycles. The van der Waals surface area contributed by atoms with Gasteiger partial charge in [-0.25, -0.2) is 9.98 Å². The summed E-state index contributed by atoms with van der Waals surface area (Å²) in [4.78, 5) is 11.6. The van der Waals surface area contributed by atoms with Crippen molar-refractivity contribution in [2.24, 2.45) is 15.9 Å². The average molecular weight is 871 g/mol. The molecule has 320 valence electrons. The molecule has 0 aliphatic carbocycles. The fourth-order valence-electron chi connectivity index (χ4n) is 10.9. The molecule has 0 amide bonds. The van der Waals surface area contributed by atoms with Crippen LogP contribution in [0.5, 0.6) is 0 Å². The van der Waals surface area contributed by atoms with Crippen LogP contribution in [0.15, 0.2) is 233 Å². The second-order valence-corrected chi connectivity index (χ2v) is 18.1. The van der Waals surface area contributed by atoms with E-state index < -0.39 is 0 Å². The molecule has 0 bridgehead atoms. The van der Waals surface area contributed by atoms with Crippen LogP contribution < -0.4 is 0 Å². The van der Waals surface area contributed by atoms with Crippen molar-refractivity contribution in [3.05, 3.63) is 235 Å². The van der Waals surface area contributed by atoms with Gasteiger partial charge in [-0.1, -0.05) is 159 Å². The predicted molar refractivity (Wildman–Crippen MR) is 285 cm³/mol. The average Bonchev–Trinajstić information content (AvgIpc) is 4.03. The van der Waals surface area contributed by atoms with Crippen LogP contribution in [-0.4, -0.2) is 20.7 Å². The van der Waals surface area contributed by atoms with Crippen LogP contribution in [0.3, 0.4) is 0 Å². The van der Waals surface area contributed by atoms with Crippen molar-refractivity contribution < 1.29 is 4.42 Å². The third kappa shape index (κ3) is 5.95. The molecule has 0 radical (unpaired) electrons. The molecule has 0 saturated carbocycles. The summed E-state index contributed by atoms with van der Waals surface area (Å²) in [6.45, 7) is 2.32. The van der Waals surface area contributed by atoms with Crippen LogP contribution in [0, 0.1) is 5.92 Å². The smallest absolute Gasteiger partial charge is 0.160 e. The van der Waals surface area contributed by atoms with Crippen molar-refractivity contribution in [3.8, 4) is 11.4 Å². The number of fused-ring (bicyclic) bond motifs is 11. The van der Waals surface area contributed by atoms with Crippen molar-refractivity contribution in [3.63, 3.8) is 0 Å². The van der Waals surface area contributed by atoms with E-state index >= 15 is 0 Å². The van der Waals surface area contributed by atoms with Gasteiger partial charge >= 0.3 is 0 Å². The van der Waals surface area contributed by atoms with Crippen molar-refractivity contribution in [1.82, 2.24) is 9.13 Å². The SMILES string of the molecule is CC1C/C=C(\c2ccccc2)N=C(c2cccc3c2c2ccccc2n3-c2ccccc2)N=C1c1cc2c(cc1-n1c3cc4ccccc4cc3c3cc4ccccc4cc31)oc1ccccc12. The number of benzene rings is 10. The summed E-state index contributed by atoms with van der Waals surface area (Å²) >= 11 is 0. The molecular formula is C63H42N4O. The van der Waals surface area contributed by atoms with Crippen LogP contribution in [0.25, 0.3) is 104 Å². The van der Waals surface area contributed by atoms with E-state index in [0.717, 1.165) is 101 Å². The maximum absolute atomic E-state index is 6.76. The molecule has 0 fully saturated rings. The first-order valence-corrected chi connectivity index (χ1v) is 23.5. The lowest BCUT2D eigenvalue weighted by Crippen LogP contribution is -2.19. The molecule has 1 atom stereocenters. The van der Waals surface area contributed by atoms with Gasteiger partial charge in [-0.3, -0.25) is 0 Å². The summed E-state index contributed by atoms with van der Waals surface area (Å²) in [5, 5.41) is 11.6. The van der Waals surface area contributed by atoms with E-state index in [0.29, 0.717) is 5.84 Å². The lowest BCUT2D eigenvalue weighted by molar-refractivity contribution is 0.668. The molecule has 14 rings (SSSR count). The Morgan fingerprint density at radius 2 is 1.04 bits per heavy atom. The first-order chi connectivity index (χ1) is 33.6. The van der Waals surface area contributed by atoms with Gasteiger partial charge in [0.25, 0.3) is 0 Å². The number of hydrogen-bond donors (Lipinski definition) is 0. The molecular weight excluding hydrogens is 829 g/mol. The Morgan fingerprint density at radius 3 is 1.76 bits per heavy atom. The highest BCUT2D eigenvalue weighted by Crippen LogP contribution is 2.42. The molecule has 10 aromatic carbocycles. The van der Waals surface area contributed by atoms with Gasteiger partial charge in [-0.05, 0) is 94.2 Å². The number of allylic oxidation sites excluding steroid dienone is 1. The number of furan rings is 1. The second-order valence-electron chi connectivity index (χ2n) is 18.1. The monoisotopic (exact) mass is 870 g/mol. The molecule has 0 N–H and O–H groups in total. The van der Waals surface area contributed by atoms with Crippen LogP contribution in [0.2, 0.25) is 0 Å². The summed E-state index contributed by atoms with van der Waals surface area (Å²) in [6, 6.07) is 76.2. The third-order valence-corrected chi connectivity index (χ3v) is 14.1. The standard InChI is InChI=1S/C63H42N4O/c1-39-31-32-53(40-17-4-2-5-18-40)64-63(48-27-16-29-55-61(48)47-26-12-14-28-54(47)66(55)45-23-6-3-7-24-45)65-62(39)52-37-51-46-25-13-15-30-59(46)68-60(51)38-58(52)67-56-35-43-21-10-8-19-41(43)33-49(56)50-34-42-20-9-11-22-44(42)36-57(50)67/h2-30,32-39H,31H2,1H3/b53-32+,64-63?,65-62?. The minimum atomic E-state index is -0.00630. The van der Waals surface area contributed by atoms with Crippen LogP contribution in [0.4, 0.5) is 0 Å². The second kappa shape index (κ2) is 15.1. The molecule has 0 spiro atoms. The molecule has 1 aliphatic rings. The zero-order valence-corrected chi connectivity index (χ0v) is 37.3. The van der Waals surface area contributed by atoms with E-state index in [-0.39, 0.29) is 5.92 Å². The zero-order valence-electron chi connectivity index (χ0n) is 37.3. The molecule has 1 aliphatic heterocycles. The maximum atomic E-state index is 6.76. The van der Waals surface area contributed by atoms with Crippen molar-refractivity contribution in [2.45, 2.75) is 13.3 Å². The first-order valence-electron chi connectivity index (χ1n) is 23.5. The number of nitrogens with zero attached hydrogens (tertiary/aromatic N) is 4. The summed E-state index contributed by atoms with van der Waals surface area (Å²) in [7, 11) is 0. The highest BCUT2D eigenvalue weighted by molar-refractivity contribution is 6.26. The number of aliphatic imine (C=N–C) groups is 2. The lowest BCUT2D eigenvalue weighted by Gasteiger charge is -2.22. The Hall–Kier alpha value is -8.80. The van der Waals surface area contributed by atoms with Gasteiger partial charge < -0.3 is 13.6 Å². The van der Waals surface area contributed by atoms with E-state index in [4.69, 9.17) is 14.4 Å². The van der Waals surface area contributed by atoms with Gasteiger partial charge in [0.1, 0.15) is 11.2 Å². The normalized spacial score (nSPS) is 15.4. The minimum absolute atomic E-state index is 0.00630. The number of hydrogen-bond acceptors (Lipinski definition) is 3. The first kappa shape index (κ1) is 38.5. The van der Waals surface area contributed by atoms with Gasteiger partial charge in [-0.15, -0.1) is 0 Å². The molecule has 3 aromatic heterocycles. The quantitative estimate of drug-likeness (QED) is 0.170. The van der Waals surface area contributed by atoms with E-state index in [1.165, 1.54) is 32.3 Å². The van der Waals surface area contributed by atoms with Crippen LogP contribution >= 0.6 is 0 Å². The summed E-state index contributed by atoms with van der Waals surface area (Å²) in [5.74, 6) is 0.665. The molecule has 4 heterocycles. The van der Waals surface area contributed by atoms with Gasteiger partial charge in [-0.2, -0.15) is 0 Å². The molecule has 1 unspecified atom stereocenters. The predicted octanol–water partition coefficient (Wildman–Crippen LogP) is 16.4. The Balaban J connectivity index is 1.11. The van der Waals surface area contributed by atoms with Gasteiger partial charge in [0.2, 0.25) is 0 Å². The Morgan fingerprint density at radius 1 is 0.441 bits per heavy atom. The summed E-state index contributed by atoms with van der Waals surface area (Å²) < 4.78 is 11.6. The highest BCUT2D eigenvalue weighted by Gasteiger charge is 2.27. The highest BCUT2D eigenvalue weighted by atomic mass is 16.3. The Kier molecular flexibility index (Phi) is 8.56. The zero-order chi connectivity index (χ0) is 44.9. The molecule has 68 heavy (non-hydrogen) atoms. The van der Waals surface area contributed by atoms with E-state index in [1.807, 2.05) is 6.07 Å². The van der Waals surface area contributed by atoms with Crippen LogP contribution in [0.1, 0.15) is 30.0 Å². The van der Waals surface area contributed by atoms with E-state index in [1.54, 1.807) is 0 Å². The fourth-order valence-corrected chi connectivity index (χ4v) is 10.9. The topological polar surface area (TPSA) is 47.7 Å². The number of para-hydroxylation sites is 3. The molecule has 5 heteroatoms. The number of rotatable bonds is 5. The number of aromatic nitrogens is 2. The maximum Gasteiger partial charge on any atom is 0.160 e. The van der Waals surface area contributed by atoms with Crippen molar-refractivity contribution >= 4 is 104 Å².